The molecule has 0 spiro atoms. The monoisotopic (exact) mass is 395 g/mol. The molecule has 2 aromatic rings. The highest BCUT2D eigenvalue weighted by Gasteiger charge is 2.03. The number of hydrogen-bond acceptors (Lipinski definition) is 3. The molecule has 0 saturated carbocycles. The fourth-order valence-electron chi connectivity index (χ4n) is 1.68. The quantitative estimate of drug-likeness (QED) is 0.489. The fraction of sp³-hybridized carbons (Fsp3) is 0.133. The summed E-state index contributed by atoms with van der Waals surface area (Å²) in [5, 5.41) is 4.05. The van der Waals surface area contributed by atoms with Gasteiger partial charge in [-0.15, -0.1) is 0 Å². The molecule has 5 nitrogen and oxygen atoms in total. The molecule has 0 atom stereocenters. The number of hydrazone groups is 1. The molecule has 108 valence electrons. The first kappa shape index (κ1) is 15.4. The van der Waals surface area contributed by atoms with Gasteiger partial charge in [-0.05, 0) is 53.3 Å². The van der Waals surface area contributed by atoms with Crippen molar-refractivity contribution in [3.63, 3.8) is 0 Å². The number of aromatic nitrogens is 1. The number of amides is 1. The predicted molar refractivity (Wildman–Crippen MR) is 90.2 cm³/mol. The number of rotatable bonds is 4. The zero-order valence-corrected chi connectivity index (χ0v) is 13.6. The predicted octanol–water partition coefficient (Wildman–Crippen LogP) is 1.99. The van der Waals surface area contributed by atoms with Gasteiger partial charge in [-0.2, -0.15) is 5.10 Å². The van der Waals surface area contributed by atoms with Gasteiger partial charge in [0.2, 0.25) is 0 Å². The average Bonchev–Trinajstić information content (AvgIpc) is 2.48. The largest absolute Gasteiger partial charge is 0.306 e. The van der Waals surface area contributed by atoms with E-state index in [0.29, 0.717) is 5.71 Å². The second-order valence-electron chi connectivity index (χ2n) is 4.41. The lowest BCUT2D eigenvalue weighted by Gasteiger charge is -2.05. The van der Waals surface area contributed by atoms with Crippen molar-refractivity contribution >= 4 is 34.2 Å². The molecule has 6 heteroatoms. The minimum atomic E-state index is -0.340. The summed E-state index contributed by atoms with van der Waals surface area (Å²) < 4.78 is 2.46. The molecule has 0 saturated heterocycles. The van der Waals surface area contributed by atoms with Crippen molar-refractivity contribution < 1.29 is 4.79 Å². The minimum absolute atomic E-state index is 0.0524. The number of pyridine rings is 1. The van der Waals surface area contributed by atoms with Crippen LogP contribution in [0, 0.1) is 3.57 Å². The average molecular weight is 395 g/mol. The molecule has 0 bridgehead atoms. The van der Waals surface area contributed by atoms with Gasteiger partial charge < -0.3 is 4.57 Å². The highest BCUT2D eigenvalue weighted by molar-refractivity contribution is 14.1. The Balaban J connectivity index is 2.00. The Hall–Kier alpha value is -1.96. The number of carbonyl (C=O) groups excluding carboxylic acids is 1. The number of benzene rings is 1. The van der Waals surface area contributed by atoms with Crippen LogP contribution in [0.3, 0.4) is 0 Å². The summed E-state index contributed by atoms with van der Waals surface area (Å²) in [7, 11) is 0. The van der Waals surface area contributed by atoms with E-state index in [1.807, 2.05) is 31.2 Å². The Bertz CT molecular complexity index is 720. The third kappa shape index (κ3) is 4.52. The summed E-state index contributed by atoms with van der Waals surface area (Å²) in [6.45, 7) is 1.76. The summed E-state index contributed by atoms with van der Waals surface area (Å²) >= 11 is 2.23. The van der Waals surface area contributed by atoms with Crippen LogP contribution in [0.1, 0.15) is 12.5 Å². The van der Waals surface area contributed by atoms with E-state index in [1.165, 1.54) is 10.6 Å². The van der Waals surface area contributed by atoms with Crippen LogP contribution in [0.5, 0.6) is 0 Å². The Labute approximate surface area is 135 Å². The number of hydrogen-bond donors (Lipinski definition) is 1. The molecule has 21 heavy (non-hydrogen) atoms. The molecule has 0 aliphatic carbocycles. The van der Waals surface area contributed by atoms with Gasteiger partial charge in [0.25, 0.3) is 11.5 Å². The van der Waals surface area contributed by atoms with Gasteiger partial charge in [-0.3, -0.25) is 9.59 Å². The Morgan fingerprint density at radius 1 is 1.24 bits per heavy atom. The maximum absolute atomic E-state index is 11.8. The fourth-order valence-corrected chi connectivity index (χ4v) is 2.04. The molecule has 1 amide bonds. The van der Waals surface area contributed by atoms with E-state index < -0.39 is 0 Å². The summed E-state index contributed by atoms with van der Waals surface area (Å²) in [6, 6.07) is 12.6. The first-order valence-electron chi connectivity index (χ1n) is 6.31. The topological polar surface area (TPSA) is 63.5 Å². The highest BCUT2D eigenvalue weighted by Crippen LogP contribution is 2.07. The van der Waals surface area contributed by atoms with Crippen molar-refractivity contribution in [2.75, 3.05) is 0 Å². The van der Waals surface area contributed by atoms with Gasteiger partial charge in [0, 0.05) is 15.8 Å². The molecule has 1 aromatic heterocycles. The van der Waals surface area contributed by atoms with Crippen LogP contribution in [0.4, 0.5) is 0 Å². The van der Waals surface area contributed by atoms with Crippen LogP contribution in [0.25, 0.3) is 0 Å². The molecule has 0 fully saturated rings. The van der Waals surface area contributed by atoms with Crippen molar-refractivity contribution in [1.82, 2.24) is 9.99 Å². The van der Waals surface area contributed by atoms with E-state index in [4.69, 9.17) is 0 Å². The van der Waals surface area contributed by atoms with Crippen molar-refractivity contribution in [3.05, 3.63) is 68.1 Å². The Morgan fingerprint density at radius 3 is 2.62 bits per heavy atom. The molecule has 1 aromatic carbocycles. The van der Waals surface area contributed by atoms with Crippen molar-refractivity contribution in [2.45, 2.75) is 13.5 Å². The molecule has 1 heterocycles. The van der Waals surface area contributed by atoms with Crippen LogP contribution >= 0.6 is 22.6 Å². The van der Waals surface area contributed by atoms with Crippen molar-refractivity contribution in [3.8, 4) is 0 Å². The van der Waals surface area contributed by atoms with Crippen LogP contribution in [0.2, 0.25) is 0 Å². The summed E-state index contributed by atoms with van der Waals surface area (Å²) in [5.74, 6) is -0.340. The lowest BCUT2D eigenvalue weighted by molar-refractivity contribution is -0.121. The van der Waals surface area contributed by atoms with E-state index in [9.17, 15) is 9.59 Å². The van der Waals surface area contributed by atoms with E-state index in [0.717, 1.165) is 9.13 Å². The molecule has 0 aliphatic rings. The normalized spacial score (nSPS) is 11.2. The number of nitrogens with one attached hydrogen (secondary N) is 1. The molecular weight excluding hydrogens is 381 g/mol. The Morgan fingerprint density at radius 2 is 1.95 bits per heavy atom. The summed E-state index contributed by atoms with van der Waals surface area (Å²) in [5.41, 5.74) is 3.89. The van der Waals surface area contributed by atoms with Gasteiger partial charge in [-0.25, -0.2) is 5.43 Å². The SMILES string of the molecule is C/C(=N/NC(=O)Cn1ccccc1=O)c1ccc(I)cc1. The molecule has 1 N–H and O–H groups in total. The zero-order valence-electron chi connectivity index (χ0n) is 11.4. The van der Waals surface area contributed by atoms with Gasteiger partial charge >= 0.3 is 0 Å². The smallest absolute Gasteiger partial charge is 0.260 e. The highest BCUT2D eigenvalue weighted by atomic mass is 127. The third-order valence-electron chi connectivity index (χ3n) is 2.82. The van der Waals surface area contributed by atoms with E-state index in [2.05, 4.69) is 33.1 Å². The van der Waals surface area contributed by atoms with Gasteiger partial charge in [0.15, 0.2) is 0 Å². The van der Waals surface area contributed by atoms with Crippen LogP contribution < -0.4 is 11.0 Å². The first-order chi connectivity index (χ1) is 10.1. The molecule has 2 rings (SSSR count). The van der Waals surface area contributed by atoms with Gasteiger partial charge in [0.05, 0.1) is 5.71 Å². The third-order valence-corrected chi connectivity index (χ3v) is 3.54. The number of nitrogens with zero attached hydrogens (tertiary/aromatic N) is 2. The van der Waals surface area contributed by atoms with E-state index in [1.54, 1.807) is 18.3 Å². The molecule has 0 aliphatic heterocycles. The van der Waals surface area contributed by atoms with Crippen molar-refractivity contribution in [1.29, 1.82) is 0 Å². The molecule has 0 unspecified atom stereocenters. The van der Waals surface area contributed by atoms with Gasteiger partial charge in [-0.1, -0.05) is 18.2 Å². The minimum Gasteiger partial charge on any atom is -0.306 e. The van der Waals surface area contributed by atoms with Crippen LogP contribution in [-0.4, -0.2) is 16.2 Å². The van der Waals surface area contributed by atoms with Crippen LogP contribution in [-0.2, 0) is 11.3 Å². The zero-order chi connectivity index (χ0) is 15.2. The second-order valence-corrected chi connectivity index (χ2v) is 5.65. The summed E-state index contributed by atoms with van der Waals surface area (Å²) in [4.78, 5) is 23.3. The number of halogens is 1. The van der Waals surface area contributed by atoms with E-state index >= 15 is 0 Å². The maximum atomic E-state index is 11.8. The first-order valence-corrected chi connectivity index (χ1v) is 7.38. The summed E-state index contributed by atoms with van der Waals surface area (Å²) in [6.07, 6.45) is 1.57. The van der Waals surface area contributed by atoms with E-state index in [-0.39, 0.29) is 18.0 Å². The molecule has 0 radical (unpaired) electrons. The maximum Gasteiger partial charge on any atom is 0.260 e. The molecular formula is C15H14IN3O2. The Kier molecular flexibility index (Phi) is 5.26. The van der Waals surface area contributed by atoms with Crippen LogP contribution in [0.15, 0.2) is 58.6 Å². The van der Waals surface area contributed by atoms with Gasteiger partial charge in [0.1, 0.15) is 6.54 Å². The second kappa shape index (κ2) is 7.16. The lowest BCUT2D eigenvalue weighted by Crippen LogP contribution is -2.29. The van der Waals surface area contributed by atoms with Crippen molar-refractivity contribution in [2.24, 2.45) is 5.10 Å². The lowest BCUT2D eigenvalue weighted by atomic mass is 10.1. The standard InChI is InChI=1S/C15H14IN3O2/c1-11(12-5-7-13(16)8-6-12)17-18-14(20)10-19-9-3-2-4-15(19)21/h2-9H,10H2,1H3,(H,18,20)/b17-11-. The number of carbonyl (C=O) groups is 1.